The second-order valence-electron chi connectivity index (χ2n) is 6.12. The summed E-state index contributed by atoms with van der Waals surface area (Å²) in [5, 5.41) is 4.60. The van der Waals surface area contributed by atoms with Crippen LogP contribution < -0.4 is 10.1 Å². The van der Waals surface area contributed by atoms with E-state index in [1.165, 1.54) is 0 Å². The highest BCUT2D eigenvalue weighted by molar-refractivity contribution is 6.36. The van der Waals surface area contributed by atoms with Crippen LogP contribution in [0.15, 0.2) is 48.7 Å². The Bertz CT molecular complexity index is 890. The number of methoxy groups -OCH3 is 1. The number of rotatable bonds is 9. The molecule has 0 atom stereocenters. The molecular formula is C21H23Cl2N3O2. The van der Waals surface area contributed by atoms with Gasteiger partial charge in [-0.1, -0.05) is 29.3 Å². The normalized spacial score (nSPS) is 10.9. The van der Waals surface area contributed by atoms with Crippen LogP contribution in [-0.4, -0.2) is 29.9 Å². The number of halogens is 2. The fraction of sp³-hybridized carbons (Fsp3) is 0.286. The van der Waals surface area contributed by atoms with E-state index in [0.29, 0.717) is 36.3 Å². The Morgan fingerprint density at radius 3 is 2.43 bits per heavy atom. The van der Waals surface area contributed by atoms with Crippen molar-refractivity contribution in [3.05, 3.63) is 64.3 Å². The highest BCUT2D eigenvalue weighted by Gasteiger charge is 2.13. The van der Waals surface area contributed by atoms with Crippen molar-refractivity contribution in [2.24, 2.45) is 0 Å². The Morgan fingerprint density at radius 1 is 1.07 bits per heavy atom. The van der Waals surface area contributed by atoms with Crippen LogP contribution in [0.2, 0.25) is 10.0 Å². The van der Waals surface area contributed by atoms with E-state index in [4.69, 9.17) is 32.7 Å². The molecule has 0 spiro atoms. The minimum Gasteiger partial charge on any atom is -0.494 e. The van der Waals surface area contributed by atoms with Crippen molar-refractivity contribution in [2.75, 3.05) is 25.6 Å². The number of nitrogens with one attached hydrogen (secondary N) is 1. The van der Waals surface area contributed by atoms with Crippen molar-refractivity contribution >= 4 is 29.2 Å². The van der Waals surface area contributed by atoms with E-state index >= 15 is 0 Å². The van der Waals surface area contributed by atoms with Gasteiger partial charge < -0.3 is 19.4 Å². The van der Waals surface area contributed by atoms with Gasteiger partial charge in [-0.05, 0) is 43.3 Å². The van der Waals surface area contributed by atoms with Crippen molar-refractivity contribution in [2.45, 2.75) is 20.0 Å². The molecule has 148 valence electrons. The zero-order valence-electron chi connectivity index (χ0n) is 15.9. The lowest BCUT2D eigenvalue weighted by atomic mass is 10.1. The average Bonchev–Trinajstić information content (AvgIpc) is 3.09. The summed E-state index contributed by atoms with van der Waals surface area (Å²) in [5.74, 6) is 1.58. The molecule has 0 aliphatic rings. The molecule has 0 radical (unpaired) electrons. The monoisotopic (exact) mass is 419 g/mol. The minimum atomic E-state index is 0.477. The van der Waals surface area contributed by atoms with Crippen molar-refractivity contribution < 1.29 is 9.47 Å². The maximum Gasteiger partial charge on any atom is 0.203 e. The molecular weight excluding hydrogens is 397 g/mol. The first-order chi connectivity index (χ1) is 13.6. The van der Waals surface area contributed by atoms with E-state index in [-0.39, 0.29) is 0 Å². The van der Waals surface area contributed by atoms with Gasteiger partial charge in [0.15, 0.2) is 0 Å². The molecule has 0 aliphatic carbocycles. The van der Waals surface area contributed by atoms with E-state index in [9.17, 15) is 0 Å². The molecule has 0 bridgehead atoms. The summed E-state index contributed by atoms with van der Waals surface area (Å²) in [7, 11) is 1.68. The van der Waals surface area contributed by atoms with Crippen molar-refractivity contribution in [1.29, 1.82) is 0 Å². The van der Waals surface area contributed by atoms with Gasteiger partial charge in [-0.2, -0.15) is 0 Å². The third-order valence-corrected chi connectivity index (χ3v) is 5.03. The predicted octanol–water partition coefficient (Wildman–Crippen LogP) is 5.51. The summed E-state index contributed by atoms with van der Waals surface area (Å²) >= 11 is 12.6. The zero-order chi connectivity index (χ0) is 19.9. The van der Waals surface area contributed by atoms with Crippen LogP contribution in [0.25, 0.3) is 11.3 Å². The highest BCUT2D eigenvalue weighted by atomic mass is 35.5. The summed E-state index contributed by atoms with van der Waals surface area (Å²) in [4.78, 5) is 4.56. The largest absolute Gasteiger partial charge is 0.494 e. The van der Waals surface area contributed by atoms with Crippen LogP contribution in [0.5, 0.6) is 5.75 Å². The number of imidazole rings is 1. The van der Waals surface area contributed by atoms with Gasteiger partial charge in [0.1, 0.15) is 5.75 Å². The Balaban J connectivity index is 1.85. The average molecular weight is 420 g/mol. The van der Waals surface area contributed by atoms with Gasteiger partial charge in [0.05, 0.1) is 25.1 Å². The van der Waals surface area contributed by atoms with E-state index in [0.717, 1.165) is 28.5 Å². The molecule has 0 aliphatic heterocycles. The summed E-state index contributed by atoms with van der Waals surface area (Å²) in [6.07, 6.45) is 1.85. The first-order valence-electron chi connectivity index (χ1n) is 9.08. The summed E-state index contributed by atoms with van der Waals surface area (Å²) in [6.45, 7) is 4.32. The maximum absolute atomic E-state index is 6.28. The lowest BCUT2D eigenvalue weighted by Crippen LogP contribution is -2.12. The first-order valence-corrected chi connectivity index (χ1v) is 9.84. The Morgan fingerprint density at radius 2 is 1.79 bits per heavy atom. The molecule has 1 N–H and O–H groups in total. The molecule has 1 aromatic heterocycles. The van der Waals surface area contributed by atoms with Crippen molar-refractivity contribution in [3.8, 4) is 17.0 Å². The molecule has 1 heterocycles. The Kier molecular flexibility index (Phi) is 7.20. The molecule has 0 saturated heterocycles. The van der Waals surface area contributed by atoms with Gasteiger partial charge in [-0.15, -0.1) is 0 Å². The molecule has 0 saturated carbocycles. The molecule has 28 heavy (non-hydrogen) atoms. The number of benzene rings is 2. The zero-order valence-corrected chi connectivity index (χ0v) is 17.4. The van der Waals surface area contributed by atoms with Gasteiger partial charge in [-0.3, -0.25) is 0 Å². The number of anilines is 1. The second-order valence-corrected chi connectivity index (χ2v) is 6.94. The summed E-state index contributed by atoms with van der Waals surface area (Å²) in [5.41, 5.74) is 2.89. The molecule has 3 rings (SSSR count). The molecule has 0 unspecified atom stereocenters. The van der Waals surface area contributed by atoms with Crippen LogP contribution >= 0.6 is 23.2 Å². The summed E-state index contributed by atoms with van der Waals surface area (Å²) < 4.78 is 12.9. The van der Waals surface area contributed by atoms with Crippen LogP contribution in [0.3, 0.4) is 0 Å². The Hall–Kier alpha value is -2.21. The number of nitrogens with zero attached hydrogens (tertiary/aromatic N) is 2. The molecule has 0 fully saturated rings. The van der Waals surface area contributed by atoms with E-state index < -0.39 is 0 Å². The van der Waals surface area contributed by atoms with Gasteiger partial charge in [0.2, 0.25) is 5.95 Å². The predicted molar refractivity (Wildman–Crippen MR) is 114 cm³/mol. The first kappa shape index (κ1) is 20.5. The van der Waals surface area contributed by atoms with Crippen LogP contribution in [-0.2, 0) is 17.8 Å². The fourth-order valence-corrected chi connectivity index (χ4v) is 3.44. The molecule has 7 heteroatoms. The van der Waals surface area contributed by atoms with Crippen LogP contribution in [0.1, 0.15) is 12.5 Å². The highest BCUT2D eigenvalue weighted by Crippen LogP contribution is 2.28. The molecule has 2 aromatic carbocycles. The molecule has 5 nitrogen and oxygen atoms in total. The second kappa shape index (κ2) is 9.82. The summed E-state index contributed by atoms with van der Waals surface area (Å²) in [6, 6.07) is 13.5. The van der Waals surface area contributed by atoms with Gasteiger partial charge in [0, 0.05) is 41.4 Å². The fourth-order valence-electron chi connectivity index (χ4n) is 2.91. The standard InChI is InChI=1S/C21H23Cl2N3O2/c1-3-28-16-9-7-15(8-10-16)20-14-25-21(26(20)11-12-27-2)24-13-17-18(22)5-4-6-19(17)23/h4-10,14H,3,11-13H2,1-2H3,(H,24,25). The van der Waals surface area contributed by atoms with Crippen molar-refractivity contribution in [3.63, 3.8) is 0 Å². The third kappa shape index (κ3) is 4.79. The van der Waals surface area contributed by atoms with Gasteiger partial charge in [-0.25, -0.2) is 4.98 Å². The van der Waals surface area contributed by atoms with Gasteiger partial charge in [0.25, 0.3) is 0 Å². The molecule has 0 amide bonds. The molecule has 3 aromatic rings. The lowest BCUT2D eigenvalue weighted by Gasteiger charge is -2.14. The maximum atomic E-state index is 6.28. The number of aromatic nitrogens is 2. The quantitative estimate of drug-likeness (QED) is 0.496. The number of hydrogen-bond donors (Lipinski definition) is 1. The van der Waals surface area contributed by atoms with Crippen molar-refractivity contribution in [1.82, 2.24) is 9.55 Å². The van der Waals surface area contributed by atoms with Crippen LogP contribution in [0, 0.1) is 0 Å². The van der Waals surface area contributed by atoms with E-state index in [2.05, 4.69) is 14.9 Å². The Labute approximate surface area is 175 Å². The smallest absolute Gasteiger partial charge is 0.203 e. The minimum absolute atomic E-state index is 0.477. The topological polar surface area (TPSA) is 48.3 Å². The van der Waals surface area contributed by atoms with Crippen LogP contribution in [0.4, 0.5) is 5.95 Å². The third-order valence-electron chi connectivity index (χ3n) is 4.32. The number of hydrogen-bond acceptors (Lipinski definition) is 4. The SMILES string of the molecule is CCOc1ccc(-c2cnc(NCc3c(Cl)cccc3Cl)n2CCOC)cc1. The van der Waals surface area contributed by atoms with E-state index in [1.807, 2.05) is 55.6 Å². The lowest BCUT2D eigenvalue weighted by molar-refractivity contribution is 0.188. The van der Waals surface area contributed by atoms with Gasteiger partial charge >= 0.3 is 0 Å². The number of ether oxygens (including phenoxy) is 2. The van der Waals surface area contributed by atoms with E-state index in [1.54, 1.807) is 7.11 Å².